The number of nitrogens with one attached hydrogen (secondary N) is 2. The Bertz CT molecular complexity index is 436. The van der Waals surface area contributed by atoms with E-state index in [1.54, 1.807) is 0 Å². The van der Waals surface area contributed by atoms with Crippen LogP contribution in [-0.2, 0) is 17.6 Å². The minimum atomic E-state index is 0.455. The number of aryl methyl sites for hydroxylation is 1. The summed E-state index contributed by atoms with van der Waals surface area (Å²) in [5.41, 5.74) is 2.94. The highest BCUT2D eigenvalue weighted by atomic mass is 32.1. The van der Waals surface area contributed by atoms with Gasteiger partial charge in [0.15, 0.2) is 5.11 Å². The first-order valence-electron chi connectivity index (χ1n) is 7.48. The fourth-order valence-electron chi connectivity index (χ4n) is 2.58. The Kier molecular flexibility index (Phi) is 6.27. The topological polar surface area (TPSA) is 33.3 Å². The molecule has 1 aliphatic rings. The van der Waals surface area contributed by atoms with E-state index in [4.69, 9.17) is 17.0 Å². The van der Waals surface area contributed by atoms with Crippen molar-refractivity contribution in [3.05, 3.63) is 35.4 Å². The van der Waals surface area contributed by atoms with Gasteiger partial charge in [-0.05, 0) is 56.0 Å². The maximum absolute atomic E-state index is 5.35. The van der Waals surface area contributed by atoms with E-state index in [1.165, 1.54) is 11.1 Å². The van der Waals surface area contributed by atoms with E-state index in [0.717, 1.165) is 50.6 Å². The van der Waals surface area contributed by atoms with Crippen molar-refractivity contribution in [1.82, 2.24) is 10.6 Å². The number of benzene rings is 1. The Morgan fingerprint density at radius 1 is 1.35 bits per heavy atom. The first-order valence-corrected chi connectivity index (χ1v) is 7.89. The van der Waals surface area contributed by atoms with Crippen LogP contribution >= 0.6 is 12.2 Å². The van der Waals surface area contributed by atoms with Gasteiger partial charge in [-0.1, -0.05) is 24.3 Å². The molecule has 0 aliphatic heterocycles. The lowest BCUT2D eigenvalue weighted by Gasteiger charge is -2.26. The molecule has 0 saturated carbocycles. The van der Waals surface area contributed by atoms with Crippen LogP contribution in [0.15, 0.2) is 24.3 Å². The van der Waals surface area contributed by atoms with E-state index < -0.39 is 0 Å². The summed E-state index contributed by atoms with van der Waals surface area (Å²) < 4.78 is 5.30. The second-order valence-corrected chi connectivity index (χ2v) is 5.57. The lowest BCUT2D eigenvalue weighted by atomic mass is 9.88. The quantitative estimate of drug-likeness (QED) is 0.623. The van der Waals surface area contributed by atoms with Crippen molar-refractivity contribution < 1.29 is 4.74 Å². The molecule has 0 bridgehead atoms. The first kappa shape index (κ1) is 15.3. The zero-order valence-corrected chi connectivity index (χ0v) is 13.0. The average Bonchev–Trinajstić information content (AvgIpc) is 2.47. The molecule has 2 N–H and O–H groups in total. The van der Waals surface area contributed by atoms with Crippen LogP contribution in [0.1, 0.15) is 30.9 Å². The second-order valence-electron chi connectivity index (χ2n) is 5.16. The van der Waals surface area contributed by atoms with Gasteiger partial charge in [-0.3, -0.25) is 0 Å². The maximum Gasteiger partial charge on any atom is 0.166 e. The number of ether oxygens (including phenoxy) is 1. The van der Waals surface area contributed by atoms with Crippen LogP contribution in [0.5, 0.6) is 0 Å². The van der Waals surface area contributed by atoms with Crippen molar-refractivity contribution in [3.8, 4) is 0 Å². The zero-order chi connectivity index (χ0) is 14.2. The standard InChI is InChI=1S/C16H24N2OS/c1-2-19-11-5-10-17-16(20)18-15-9-8-13-6-3-4-7-14(13)12-15/h3-4,6-7,15H,2,5,8-12H2,1H3,(H2,17,18,20). The molecule has 110 valence electrons. The molecule has 1 aromatic carbocycles. The van der Waals surface area contributed by atoms with Crippen LogP contribution in [0.3, 0.4) is 0 Å². The minimum Gasteiger partial charge on any atom is -0.382 e. The number of thiocarbonyl (C=S) groups is 1. The Labute approximate surface area is 127 Å². The van der Waals surface area contributed by atoms with Gasteiger partial charge in [0, 0.05) is 25.8 Å². The number of rotatable bonds is 6. The Morgan fingerprint density at radius 3 is 2.95 bits per heavy atom. The van der Waals surface area contributed by atoms with Crippen LogP contribution in [0.25, 0.3) is 0 Å². The van der Waals surface area contributed by atoms with Crippen molar-refractivity contribution in [3.63, 3.8) is 0 Å². The summed E-state index contributed by atoms with van der Waals surface area (Å²) in [7, 11) is 0. The monoisotopic (exact) mass is 292 g/mol. The van der Waals surface area contributed by atoms with Crippen molar-refractivity contribution >= 4 is 17.3 Å². The summed E-state index contributed by atoms with van der Waals surface area (Å²) in [5, 5.41) is 7.45. The van der Waals surface area contributed by atoms with Gasteiger partial charge in [-0.15, -0.1) is 0 Å². The van der Waals surface area contributed by atoms with Gasteiger partial charge >= 0.3 is 0 Å². The molecule has 20 heavy (non-hydrogen) atoms. The maximum atomic E-state index is 5.35. The molecule has 0 spiro atoms. The molecule has 1 unspecified atom stereocenters. The predicted octanol–water partition coefficient (Wildman–Crippen LogP) is 2.43. The molecule has 0 radical (unpaired) electrons. The molecule has 0 saturated heterocycles. The molecule has 2 rings (SSSR count). The molecule has 0 amide bonds. The summed E-state index contributed by atoms with van der Waals surface area (Å²) in [6.45, 7) is 4.46. The van der Waals surface area contributed by atoms with Crippen molar-refractivity contribution in [2.24, 2.45) is 0 Å². The third kappa shape index (κ3) is 4.76. The van der Waals surface area contributed by atoms with Gasteiger partial charge in [-0.2, -0.15) is 0 Å². The average molecular weight is 292 g/mol. The summed E-state index contributed by atoms with van der Waals surface area (Å²) in [6, 6.07) is 9.15. The first-order chi connectivity index (χ1) is 9.79. The molecular formula is C16H24N2OS. The fourth-order valence-corrected chi connectivity index (χ4v) is 2.85. The predicted molar refractivity (Wildman–Crippen MR) is 87.1 cm³/mol. The Hall–Kier alpha value is -1.13. The molecule has 0 aromatic heterocycles. The van der Waals surface area contributed by atoms with E-state index in [2.05, 4.69) is 34.9 Å². The number of hydrogen-bond acceptors (Lipinski definition) is 2. The lowest BCUT2D eigenvalue weighted by Crippen LogP contribution is -2.44. The third-order valence-electron chi connectivity index (χ3n) is 3.64. The van der Waals surface area contributed by atoms with Crippen LogP contribution in [-0.4, -0.2) is 30.9 Å². The molecule has 0 fully saturated rings. The van der Waals surface area contributed by atoms with Crippen molar-refractivity contribution in [1.29, 1.82) is 0 Å². The minimum absolute atomic E-state index is 0.455. The smallest absolute Gasteiger partial charge is 0.166 e. The van der Waals surface area contributed by atoms with Gasteiger partial charge in [0.2, 0.25) is 0 Å². The van der Waals surface area contributed by atoms with E-state index in [1.807, 2.05) is 6.92 Å². The number of fused-ring (bicyclic) bond motifs is 1. The molecule has 3 nitrogen and oxygen atoms in total. The van der Waals surface area contributed by atoms with Gasteiger partial charge in [0.05, 0.1) is 0 Å². The van der Waals surface area contributed by atoms with Gasteiger partial charge in [0.25, 0.3) is 0 Å². The molecule has 1 atom stereocenters. The summed E-state index contributed by atoms with van der Waals surface area (Å²) in [4.78, 5) is 0. The Morgan fingerprint density at radius 2 is 2.15 bits per heavy atom. The summed E-state index contributed by atoms with van der Waals surface area (Å²) in [6.07, 6.45) is 4.35. The van der Waals surface area contributed by atoms with Crippen LogP contribution in [0, 0.1) is 0 Å². The molecule has 0 heterocycles. The third-order valence-corrected chi connectivity index (χ3v) is 3.90. The van der Waals surface area contributed by atoms with E-state index in [-0.39, 0.29) is 0 Å². The molecule has 4 heteroatoms. The summed E-state index contributed by atoms with van der Waals surface area (Å²) in [5.74, 6) is 0. The SMILES string of the molecule is CCOCCCNC(=S)NC1CCc2ccccc2C1. The van der Waals surface area contributed by atoms with Gasteiger partial charge < -0.3 is 15.4 Å². The lowest BCUT2D eigenvalue weighted by molar-refractivity contribution is 0.145. The van der Waals surface area contributed by atoms with Crippen LogP contribution in [0.4, 0.5) is 0 Å². The van der Waals surface area contributed by atoms with Crippen molar-refractivity contribution in [2.75, 3.05) is 19.8 Å². The normalized spacial score (nSPS) is 17.4. The Balaban J connectivity index is 1.68. The van der Waals surface area contributed by atoms with Crippen LogP contribution < -0.4 is 10.6 Å². The second kappa shape index (κ2) is 8.22. The van der Waals surface area contributed by atoms with Gasteiger partial charge in [0.1, 0.15) is 0 Å². The number of hydrogen-bond donors (Lipinski definition) is 2. The fraction of sp³-hybridized carbons (Fsp3) is 0.562. The highest BCUT2D eigenvalue weighted by Gasteiger charge is 2.18. The van der Waals surface area contributed by atoms with E-state index in [9.17, 15) is 0 Å². The van der Waals surface area contributed by atoms with Gasteiger partial charge in [-0.25, -0.2) is 0 Å². The largest absolute Gasteiger partial charge is 0.382 e. The molecule has 1 aromatic rings. The van der Waals surface area contributed by atoms with Crippen molar-refractivity contribution in [2.45, 2.75) is 38.6 Å². The highest BCUT2D eigenvalue weighted by Crippen LogP contribution is 2.20. The molecular weight excluding hydrogens is 268 g/mol. The summed E-state index contributed by atoms with van der Waals surface area (Å²) >= 11 is 5.35. The molecule has 1 aliphatic carbocycles. The van der Waals surface area contributed by atoms with E-state index in [0.29, 0.717) is 6.04 Å². The highest BCUT2D eigenvalue weighted by molar-refractivity contribution is 7.80. The van der Waals surface area contributed by atoms with E-state index >= 15 is 0 Å². The van der Waals surface area contributed by atoms with Crippen LogP contribution in [0.2, 0.25) is 0 Å². The zero-order valence-electron chi connectivity index (χ0n) is 12.2.